The summed E-state index contributed by atoms with van der Waals surface area (Å²) in [5, 5.41) is 2.89. The SMILES string of the molecule is C=CC(=O)NCC1(C)CCCCC1. The number of hydrogen-bond acceptors (Lipinski definition) is 1. The lowest BCUT2D eigenvalue weighted by molar-refractivity contribution is -0.117. The molecule has 1 amide bonds. The number of carbonyl (C=O) groups excluding carboxylic acids is 1. The molecule has 0 bridgehead atoms. The van der Waals surface area contributed by atoms with Crippen LogP contribution in [0, 0.1) is 5.41 Å². The molecular weight excluding hydrogens is 162 g/mol. The summed E-state index contributed by atoms with van der Waals surface area (Å²) in [5.74, 6) is -0.0493. The summed E-state index contributed by atoms with van der Waals surface area (Å²) in [6.45, 7) is 6.50. The Bertz CT molecular complexity index is 192. The van der Waals surface area contributed by atoms with Gasteiger partial charge >= 0.3 is 0 Å². The predicted octanol–water partition coefficient (Wildman–Crippen LogP) is 2.26. The van der Waals surface area contributed by atoms with Crippen LogP contribution in [0.2, 0.25) is 0 Å². The number of hydrogen-bond donors (Lipinski definition) is 1. The van der Waals surface area contributed by atoms with E-state index in [-0.39, 0.29) is 5.91 Å². The van der Waals surface area contributed by atoms with Crippen molar-refractivity contribution in [2.24, 2.45) is 5.41 Å². The van der Waals surface area contributed by atoms with E-state index < -0.39 is 0 Å². The van der Waals surface area contributed by atoms with Gasteiger partial charge in [0.25, 0.3) is 0 Å². The second-order valence-electron chi connectivity index (χ2n) is 4.29. The van der Waals surface area contributed by atoms with Crippen molar-refractivity contribution in [3.63, 3.8) is 0 Å². The second kappa shape index (κ2) is 4.45. The van der Waals surface area contributed by atoms with Gasteiger partial charge in [0.05, 0.1) is 0 Å². The van der Waals surface area contributed by atoms with E-state index >= 15 is 0 Å². The van der Waals surface area contributed by atoms with Gasteiger partial charge < -0.3 is 5.32 Å². The zero-order chi connectivity index (χ0) is 9.73. The summed E-state index contributed by atoms with van der Waals surface area (Å²) in [4.78, 5) is 11.0. The topological polar surface area (TPSA) is 29.1 Å². The van der Waals surface area contributed by atoms with Crippen LogP contribution in [0.1, 0.15) is 39.0 Å². The first-order chi connectivity index (χ1) is 6.16. The molecule has 1 rings (SSSR count). The van der Waals surface area contributed by atoms with Crippen molar-refractivity contribution in [3.8, 4) is 0 Å². The summed E-state index contributed by atoms with van der Waals surface area (Å²) >= 11 is 0. The van der Waals surface area contributed by atoms with Crippen LogP contribution in [0.3, 0.4) is 0 Å². The van der Waals surface area contributed by atoms with Gasteiger partial charge in [0.1, 0.15) is 0 Å². The normalized spacial score (nSPS) is 20.7. The van der Waals surface area contributed by atoms with Crippen molar-refractivity contribution in [1.82, 2.24) is 5.32 Å². The molecule has 1 aliphatic rings. The van der Waals surface area contributed by atoms with Gasteiger partial charge in [0.15, 0.2) is 0 Å². The van der Waals surface area contributed by atoms with Crippen molar-refractivity contribution in [3.05, 3.63) is 12.7 Å². The standard InChI is InChI=1S/C11H19NO/c1-3-10(13)12-9-11(2)7-5-4-6-8-11/h3H,1,4-9H2,2H3,(H,12,13). The highest BCUT2D eigenvalue weighted by Crippen LogP contribution is 2.34. The monoisotopic (exact) mass is 181 g/mol. The number of carbonyl (C=O) groups is 1. The first-order valence-corrected chi connectivity index (χ1v) is 5.07. The van der Waals surface area contributed by atoms with Gasteiger partial charge in [-0.25, -0.2) is 0 Å². The highest BCUT2D eigenvalue weighted by atomic mass is 16.1. The molecule has 13 heavy (non-hydrogen) atoms. The van der Waals surface area contributed by atoms with Crippen LogP contribution in [-0.4, -0.2) is 12.5 Å². The van der Waals surface area contributed by atoms with Crippen molar-refractivity contribution < 1.29 is 4.79 Å². The molecule has 0 aromatic heterocycles. The Kier molecular flexibility index (Phi) is 3.52. The lowest BCUT2D eigenvalue weighted by atomic mass is 9.76. The Balaban J connectivity index is 2.32. The summed E-state index contributed by atoms with van der Waals surface area (Å²) in [6, 6.07) is 0. The number of rotatable bonds is 3. The minimum atomic E-state index is -0.0493. The fraction of sp³-hybridized carbons (Fsp3) is 0.727. The average molecular weight is 181 g/mol. The Morgan fingerprint density at radius 3 is 2.62 bits per heavy atom. The lowest BCUT2D eigenvalue weighted by Crippen LogP contribution is -2.36. The third kappa shape index (κ3) is 3.21. The van der Waals surface area contributed by atoms with Crippen LogP contribution in [-0.2, 0) is 4.79 Å². The van der Waals surface area contributed by atoms with E-state index in [4.69, 9.17) is 0 Å². The van der Waals surface area contributed by atoms with Crippen LogP contribution in [0.15, 0.2) is 12.7 Å². The molecule has 74 valence electrons. The molecule has 0 radical (unpaired) electrons. The van der Waals surface area contributed by atoms with Crippen LogP contribution in [0.4, 0.5) is 0 Å². The minimum absolute atomic E-state index is 0.0493. The molecule has 0 saturated heterocycles. The maximum Gasteiger partial charge on any atom is 0.243 e. The Labute approximate surface area is 80.4 Å². The van der Waals surface area contributed by atoms with E-state index in [2.05, 4.69) is 18.8 Å². The maximum absolute atomic E-state index is 11.0. The van der Waals surface area contributed by atoms with Crippen molar-refractivity contribution in [2.75, 3.05) is 6.54 Å². The molecule has 0 atom stereocenters. The second-order valence-corrected chi connectivity index (χ2v) is 4.29. The molecule has 1 aliphatic carbocycles. The predicted molar refractivity (Wildman–Crippen MR) is 54.4 cm³/mol. The van der Waals surface area contributed by atoms with Gasteiger partial charge in [-0.1, -0.05) is 32.8 Å². The zero-order valence-corrected chi connectivity index (χ0v) is 8.44. The van der Waals surface area contributed by atoms with E-state index in [1.807, 2.05) is 0 Å². The molecule has 1 N–H and O–H groups in total. The summed E-state index contributed by atoms with van der Waals surface area (Å²) in [5.41, 5.74) is 0.330. The van der Waals surface area contributed by atoms with Crippen molar-refractivity contribution >= 4 is 5.91 Å². The number of nitrogens with one attached hydrogen (secondary N) is 1. The van der Waals surface area contributed by atoms with E-state index in [0.717, 1.165) is 6.54 Å². The fourth-order valence-corrected chi connectivity index (χ4v) is 1.95. The molecule has 0 spiro atoms. The first kappa shape index (κ1) is 10.3. The molecule has 1 fully saturated rings. The van der Waals surface area contributed by atoms with E-state index in [9.17, 15) is 4.79 Å². The summed E-state index contributed by atoms with van der Waals surface area (Å²) in [6.07, 6.45) is 7.78. The molecule has 0 aliphatic heterocycles. The van der Waals surface area contributed by atoms with Gasteiger partial charge in [-0.2, -0.15) is 0 Å². The Hall–Kier alpha value is -0.790. The Morgan fingerprint density at radius 1 is 1.46 bits per heavy atom. The third-order valence-electron chi connectivity index (χ3n) is 2.94. The van der Waals surface area contributed by atoms with E-state index in [0.29, 0.717) is 5.41 Å². The molecule has 0 aromatic rings. The fourth-order valence-electron chi connectivity index (χ4n) is 1.95. The van der Waals surface area contributed by atoms with E-state index in [1.165, 1.54) is 38.2 Å². The minimum Gasteiger partial charge on any atom is -0.352 e. The van der Waals surface area contributed by atoms with Crippen LogP contribution >= 0.6 is 0 Å². The quantitative estimate of drug-likeness (QED) is 0.665. The molecule has 0 heterocycles. The highest BCUT2D eigenvalue weighted by Gasteiger charge is 2.26. The van der Waals surface area contributed by atoms with Crippen molar-refractivity contribution in [1.29, 1.82) is 0 Å². The van der Waals surface area contributed by atoms with Gasteiger partial charge in [-0.05, 0) is 24.3 Å². The molecule has 0 aromatic carbocycles. The van der Waals surface area contributed by atoms with Gasteiger partial charge in [-0.3, -0.25) is 4.79 Å². The molecule has 0 unspecified atom stereocenters. The van der Waals surface area contributed by atoms with Gasteiger partial charge in [-0.15, -0.1) is 0 Å². The molecular formula is C11H19NO. The largest absolute Gasteiger partial charge is 0.352 e. The molecule has 2 nitrogen and oxygen atoms in total. The average Bonchev–Trinajstić information content (AvgIpc) is 2.15. The van der Waals surface area contributed by atoms with E-state index in [1.54, 1.807) is 0 Å². The van der Waals surface area contributed by atoms with Gasteiger partial charge in [0.2, 0.25) is 5.91 Å². The van der Waals surface area contributed by atoms with Crippen LogP contribution < -0.4 is 5.32 Å². The summed E-state index contributed by atoms with van der Waals surface area (Å²) < 4.78 is 0. The van der Waals surface area contributed by atoms with Crippen LogP contribution in [0.5, 0.6) is 0 Å². The Morgan fingerprint density at radius 2 is 2.08 bits per heavy atom. The highest BCUT2D eigenvalue weighted by molar-refractivity contribution is 5.86. The van der Waals surface area contributed by atoms with Gasteiger partial charge in [0, 0.05) is 6.54 Å². The maximum atomic E-state index is 11.0. The van der Waals surface area contributed by atoms with Crippen LogP contribution in [0.25, 0.3) is 0 Å². The molecule has 1 saturated carbocycles. The zero-order valence-electron chi connectivity index (χ0n) is 8.44. The third-order valence-corrected chi connectivity index (χ3v) is 2.94. The smallest absolute Gasteiger partial charge is 0.243 e. The molecule has 2 heteroatoms. The summed E-state index contributed by atoms with van der Waals surface area (Å²) in [7, 11) is 0. The lowest BCUT2D eigenvalue weighted by Gasteiger charge is -2.33. The number of amides is 1. The first-order valence-electron chi connectivity index (χ1n) is 5.07. The van der Waals surface area contributed by atoms with Crippen molar-refractivity contribution in [2.45, 2.75) is 39.0 Å².